The van der Waals surface area contributed by atoms with Crippen molar-refractivity contribution in [2.45, 2.75) is 25.6 Å². The van der Waals surface area contributed by atoms with Gasteiger partial charge in [0.2, 0.25) is 5.91 Å². The van der Waals surface area contributed by atoms with Gasteiger partial charge < -0.3 is 5.32 Å². The third kappa shape index (κ3) is 3.35. The predicted molar refractivity (Wildman–Crippen MR) is 88.2 cm³/mol. The maximum absolute atomic E-state index is 12.0. The van der Waals surface area contributed by atoms with Gasteiger partial charge in [0.1, 0.15) is 0 Å². The third-order valence-corrected chi connectivity index (χ3v) is 5.65. The molecule has 0 radical (unpaired) electrons. The summed E-state index contributed by atoms with van der Waals surface area (Å²) in [5.74, 6) is 0.185. The minimum Gasteiger partial charge on any atom is -0.301 e. The van der Waals surface area contributed by atoms with Crippen molar-refractivity contribution in [2.24, 2.45) is 5.92 Å². The number of rotatable bonds is 3. The molecular weight excluding hydrogens is 392 g/mol. The first-order chi connectivity index (χ1) is 8.88. The Morgan fingerprint density at radius 2 is 2.11 bits per heavy atom. The number of fused-ring (bicyclic) bond motifs is 1. The molecule has 2 rings (SSSR count). The van der Waals surface area contributed by atoms with E-state index in [-0.39, 0.29) is 16.7 Å². The van der Waals surface area contributed by atoms with Gasteiger partial charge in [-0.3, -0.25) is 4.79 Å². The summed E-state index contributed by atoms with van der Waals surface area (Å²) in [5, 5.41) is 3.50. The van der Waals surface area contributed by atoms with Gasteiger partial charge >= 0.3 is 0 Å². The van der Waals surface area contributed by atoms with Crippen LogP contribution in [0.4, 0.5) is 5.13 Å². The van der Waals surface area contributed by atoms with Gasteiger partial charge in [-0.05, 0) is 46.5 Å². The number of aromatic nitrogens is 1. The summed E-state index contributed by atoms with van der Waals surface area (Å²) >= 11 is 8.38. The van der Waals surface area contributed by atoms with Crippen molar-refractivity contribution in [2.75, 3.05) is 5.32 Å². The first-order valence-corrected chi connectivity index (χ1v) is 8.42. The van der Waals surface area contributed by atoms with Crippen LogP contribution in [0.1, 0.15) is 19.4 Å². The van der Waals surface area contributed by atoms with Crippen LogP contribution in [0, 0.1) is 12.8 Å². The molecule has 0 fully saturated rings. The smallest absolute Gasteiger partial charge is 0.240 e. The molecule has 3 nitrogen and oxygen atoms in total. The summed E-state index contributed by atoms with van der Waals surface area (Å²) < 4.78 is 2.02. The standard InChI is InChI=1S/C13H14Br2N2OS/c1-6(2)10(15)12(18)17-13-16-11-8(14)4-7(3)5-9(11)19-13/h4-6,10H,1-3H3,(H,16,17,18). The fraction of sp³-hybridized carbons (Fsp3) is 0.385. The van der Waals surface area contributed by atoms with E-state index >= 15 is 0 Å². The zero-order chi connectivity index (χ0) is 14.2. The van der Waals surface area contributed by atoms with Gasteiger partial charge in [0.05, 0.1) is 15.0 Å². The molecule has 0 spiro atoms. The van der Waals surface area contributed by atoms with Gasteiger partial charge in [0.25, 0.3) is 0 Å². The first-order valence-electron chi connectivity index (χ1n) is 5.90. The molecule has 102 valence electrons. The van der Waals surface area contributed by atoms with Crippen molar-refractivity contribution >= 4 is 64.5 Å². The van der Waals surface area contributed by atoms with E-state index in [0.29, 0.717) is 5.13 Å². The summed E-state index contributed by atoms with van der Waals surface area (Å²) in [6.07, 6.45) is 0. The Morgan fingerprint density at radius 1 is 1.42 bits per heavy atom. The highest BCUT2D eigenvalue weighted by Gasteiger charge is 2.20. The largest absolute Gasteiger partial charge is 0.301 e. The van der Waals surface area contributed by atoms with Crippen LogP contribution < -0.4 is 5.32 Å². The average Bonchev–Trinajstić information content (AvgIpc) is 2.70. The number of hydrogen-bond acceptors (Lipinski definition) is 3. The van der Waals surface area contributed by atoms with Gasteiger partial charge in [-0.1, -0.05) is 41.1 Å². The predicted octanol–water partition coefficient (Wildman–Crippen LogP) is 4.73. The second kappa shape index (κ2) is 5.89. The number of alkyl halides is 1. The lowest BCUT2D eigenvalue weighted by atomic mass is 10.1. The Balaban J connectivity index is 2.27. The van der Waals surface area contributed by atoms with E-state index in [1.54, 1.807) is 0 Å². The lowest BCUT2D eigenvalue weighted by Crippen LogP contribution is -2.26. The highest BCUT2D eigenvalue weighted by Crippen LogP contribution is 2.32. The zero-order valence-corrected chi connectivity index (χ0v) is 14.8. The maximum atomic E-state index is 12.0. The van der Waals surface area contributed by atoms with Crippen LogP contribution >= 0.6 is 43.2 Å². The van der Waals surface area contributed by atoms with Gasteiger partial charge in [-0.15, -0.1) is 0 Å². The normalized spacial score (nSPS) is 12.9. The Labute approximate surface area is 133 Å². The number of nitrogens with zero attached hydrogens (tertiary/aromatic N) is 1. The minimum atomic E-state index is -0.204. The fourth-order valence-corrected chi connectivity index (χ4v) is 3.55. The van der Waals surface area contributed by atoms with E-state index in [9.17, 15) is 4.79 Å². The number of amides is 1. The van der Waals surface area contributed by atoms with Crippen molar-refractivity contribution in [1.29, 1.82) is 0 Å². The Bertz CT molecular complexity index is 624. The SMILES string of the molecule is Cc1cc(Br)c2nc(NC(=O)C(Br)C(C)C)sc2c1. The highest BCUT2D eigenvalue weighted by molar-refractivity contribution is 9.10. The number of anilines is 1. The molecule has 1 heterocycles. The number of thiazole rings is 1. The lowest BCUT2D eigenvalue weighted by Gasteiger charge is -2.11. The van der Waals surface area contributed by atoms with Crippen LogP contribution in [-0.2, 0) is 4.79 Å². The van der Waals surface area contributed by atoms with E-state index in [0.717, 1.165) is 14.7 Å². The monoisotopic (exact) mass is 404 g/mol. The molecule has 2 aromatic rings. The minimum absolute atomic E-state index is 0.0538. The summed E-state index contributed by atoms with van der Waals surface area (Å²) in [6, 6.07) is 4.09. The zero-order valence-electron chi connectivity index (χ0n) is 10.8. The molecule has 1 atom stereocenters. The number of nitrogens with one attached hydrogen (secondary N) is 1. The van der Waals surface area contributed by atoms with Crippen molar-refractivity contribution in [3.63, 3.8) is 0 Å². The first kappa shape index (κ1) is 14.9. The Kier molecular flexibility index (Phi) is 4.63. The van der Waals surface area contributed by atoms with Crippen LogP contribution in [0.5, 0.6) is 0 Å². The van der Waals surface area contributed by atoms with Crippen molar-refractivity contribution in [1.82, 2.24) is 4.98 Å². The average molecular weight is 406 g/mol. The van der Waals surface area contributed by atoms with E-state index in [1.165, 1.54) is 16.9 Å². The van der Waals surface area contributed by atoms with E-state index in [1.807, 2.05) is 26.8 Å². The number of carbonyl (C=O) groups is 1. The number of hydrogen-bond donors (Lipinski definition) is 1. The number of aryl methyl sites for hydroxylation is 1. The van der Waals surface area contributed by atoms with Gasteiger partial charge in [0.15, 0.2) is 5.13 Å². The molecule has 1 unspecified atom stereocenters. The van der Waals surface area contributed by atoms with Crippen LogP contribution in [0.15, 0.2) is 16.6 Å². The second-order valence-corrected chi connectivity index (χ2v) is 7.62. The highest BCUT2D eigenvalue weighted by atomic mass is 79.9. The third-order valence-electron chi connectivity index (χ3n) is 2.66. The van der Waals surface area contributed by atoms with Gasteiger partial charge in [-0.25, -0.2) is 4.98 Å². The van der Waals surface area contributed by atoms with Crippen molar-refractivity contribution < 1.29 is 4.79 Å². The van der Waals surface area contributed by atoms with Gasteiger partial charge in [0, 0.05) is 4.47 Å². The van der Waals surface area contributed by atoms with Crippen molar-refractivity contribution in [3.05, 3.63) is 22.2 Å². The molecule has 0 saturated carbocycles. The molecule has 0 aliphatic heterocycles. The molecular formula is C13H14Br2N2OS. The molecule has 0 bridgehead atoms. The molecule has 1 amide bonds. The second-order valence-electron chi connectivity index (χ2n) is 4.75. The van der Waals surface area contributed by atoms with Crippen LogP contribution in [0.25, 0.3) is 10.2 Å². The molecule has 0 aliphatic rings. The van der Waals surface area contributed by atoms with Crippen molar-refractivity contribution in [3.8, 4) is 0 Å². The molecule has 6 heteroatoms. The fourth-order valence-electron chi connectivity index (χ4n) is 1.65. The van der Waals surface area contributed by atoms with Gasteiger partial charge in [-0.2, -0.15) is 0 Å². The molecule has 0 aliphatic carbocycles. The number of carbonyl (C=O) groups excluding carboxylic acids is 1. The summed E-state index contributed by atoms with van der Waals surface area (Å²) in [5.41, 5.74) is 2.06. The molecule has 1 N–H and O–H groups in total. The molecule has 1 aromatic carbocycles. The quantitative estimate of drug-likeness (QED) is 0.750. The van der Waals surface area contributed by atoms with E-state index in [2.05, 4.69) is 48.2 Å². The van der Waals surface area contributed by atoms with E-state index in [4.69, 9.17) is 0 Å². The number of benzene rings is 1. The molecule has 0 saturated heterocycles. The molecule has 1 aromatic heterocycles. The maximum Gasteiger partial charge on any atom is 0.240 e. The van der Waals surface area contributed by atoms with Crippen LogP contribution in [0.2, 0.25) is 0 Å². The lowest BCUT2D eigenvalue weighted by molar-refractivity contribution is -0.116. The molecule has 19 heavy (non-hydrogen) atoms. The van der Waals surface area contributed by atoms with E-state index < -0.39 is 0 Å². The number of halogens is 2. The topological polar surface area (TPSA) is 42.0 Å². The Morgan fingerprint density at radius 3 is 2.74 bits per heavy atom. The van der Waals surface area contributed by atoms with Crippen LogP contribution in [-0.4, -0.2) is 15.7 Å². The Hall–Kier alpha value is -0.460. The summed E-state index contributed by atoms with van der Waals surface area (Å²) in [7, 11) is 0. The summed E-state index contributed by atoms with van der Waals surface area (Å²) in [4.78, 5) is 16.2. The van der Waals surface area contributed by atoms with Crippen LogP contribution in [0.3, 0.4) is 0 Å². The summed E-state index contributed by atoms with van der Waals surface area (Å²) in [6.45, 7) is 6.03.